The first-order chi connectivity index (χ1) is 9.27. The van der Waals surface area contributed by atoms with Crippen molar-refractivity contribution in [2.24, 2.45) is 5.92 Å². The number of carbonyl (C=O) groups is 1. The normalized spacial score (nSPS) is 20.3. The van der Waals surface area contributed by atoms with Gasteiger partial charge in [-0.15, -0.1) is 0 Å². The Morgan fingerprint density at radius 1 is 1.45 bits per heavy atom. The molecule has 0 aliphatic carbocycles. The Morgan fingerprint density at radius 3 is 2.70 bits per heavy atom. The Kier molecular flexibility index (Phi) is 4.25. The van der Waals surface area contributed by atoms with Crippen LogP contribution in [0.25, 0.3) is 0 Å². The maximum Gasteiger partial charge on any atom is 0.417 e. The number of carboxylic acid groups (broad SMARTS) is 1. The van der Waals surface area contributed by atoms with Crippen LogP contribution in [0, 0.1) is 5.92 Å². The number of rotatable bonds is 3. The van der Waals surface area contributed by atoms with Crippen LogP contribution >= 0.6 is 11.6 Å². The molecule has 1 N–H and O–H groups in total. The fraction of sp³-hybridized carbons (Fsp3) is 0.462. The molecule has 1 aliphatic heterocycles. The summed E-state index contributed by atoms with van der Waals surface area (Å²) in [6, 6.07) is 3.78. The molecular weight excluding hydrogens is 295 g/mol. The third-order valence-electron chi connectivity index (χ3n) is 3.36. The van der Waals surface area contributed by atoms with Gasteiger partial charge in [-0.2, -0.15) is 13.2 Å². The predicted octanol–water partition coefficient (Wildman–Crippen LogP) is 3.27. The second-order valence-corrected chi connectivity index (χ2v) is 5.28. The van der Waals surface area contributed by atoms with Gasteiger partial charge in [-0.05, 0) is 30.7 Å². The van der Waals surface area contributed by atoms with Crippen molar-refractivity contribution in [3.8, 4) is 0 Å². The van der Waals surface area contributed by atoms with Gasteiger partial charge in [-0.25, -0.2) is 0 Å². The SMILES string of the molecule is O=C(O)C1CCN(Cc2ccc(Cl)c(C(F)(F)F)c2)C1. The van der Waals surface area contributed by atoms with E-state index in [2.05, 4.69) is 0 Å². The summed E-state index contributed by atoms with van der Waals surface area (Å²) < 4.78 is 38.2. The van der Waals surface area contributed by atoms with E-state index in [1.54, 1.807) is 0 Å². The van der Waals surface area contributed by atoms with Crippen LogP contribution in [0.1, 0.15) is 17.5 Å². The van der Waals surface area contributed by atoms with E-state index >= 15 is 0 Å². The van der Waals surface area contributed by atoms with E-state index < -0.39 is 23.6 Å². The van der Waals surface area contributed by atoms with E-state index in [-0.39, 0.29) is 5.02 Å². The van der Waals surface area contributed by atoms with Crippen molar-refractivity contribution in [2.75, 3.05) is 13.1 Å². The summed E-state index contributed by atoms with van der Waals surface area (Å²) in [6.07, 6.45) is -3.96. The Balaban J connectivity index is 2.10. The van der Waals surface area contributed by atoms with Crippen molar-refractivity contribution in [3.63, 3.8) is 0 Å². The van der Waals surface area contributed by atoms with Crippen LogP contribution in [0.4, 0.5) is 13.2 Å². The second-order valence-electron chi connectivity index (χ2n) is 4.87. The molecule has 0 amide bonds. The highest BCUT2D eigenvalue weighted by molar-refractivity contribution is 6.31. The van der Waals surface area contributed by atoms with Gasteiger partial charge in [0.15, 0.2) is 0 Å². The van der Waals surface area contributed by atoms with Crippen LogP contribution in [0.15, 0.2) is 18.2 Å². The number of aliphatic carboxylic acids is 1. The molecule has 0 aromatic heterocycles. The number of alkyl halides is 3. The number of hydrogen-bond acceptors (Lipinski definition) is 2. The Morgan fingerprint density at radius 2 is 2.15 bits per heavy atom. The highest BCUT2D eigenvalue weighted by Crippen LogP contribution is 2.35. The first kappa shape index (κ1) is 15.1. The summed E-state index contributed by atoms with van der Waals surface area (Å²) in [4.78, 5) is 12.7. The number of carboxylic acids is 1. The van der Waals surface area contributed by atoms with Crippen LogP contribution in [0.3, 0.4) is 0 Å². The minimum Gasteiger partial charge on any atom is -0.481 e. The third kappa shape index (κ3) is 3.43. The molecule has 0 bridgehead atoms. The highest BCUT2D eigenvalue weighted by atomic mass is 35.5. The van der Waals surface area contributed by atoms with Crippen molar-refractivity contribution < 1.29 is 23.1 Å². The molecule has 0 saturated carbocycles. The van der Waals surface area contributed by atoms with Crippen LogP contribution in [0.2, 0.25) is 5.02 Å². The van der Waals surface area contributed by atoms with Crippen LogP contribution < -0.4 is 0 Å². The van der Waals surface area contributed by atoms with Crippen molar-refractivity contribution in [1.29, 1.82) is 0 Å². The van der Waals surface area contributed by atoms with Gasteiger partial charge in [-0.1, -0.05) is 17.7 Å². The minimum absolute atomic E-state index is 0.296. The lowest BCUT2D eigenvalue weighted by molar-refractivity contribution is -0.141. The lowest BCUT2D eigenvalue weighted by atomic mass is 10.1. The molecule has 20 heavy (non-hydrogen) atoms. The average molecular weight is 308 g/mol. The molecular formula is C13H13ClF3NO2. The lowest BCUT2D eigenvalue weighted by Gasteiger charge is -2.17. The molecule has 1 aromatic carbocycles. The number of likely N-dealkylation sites (tertiary alicyclic amines) is 1. The van der Waals surface area contributed by atoms with Gasteiger partial charge in [0.25, 0.3) is 0 Å². The molecule has 1 aromatic rings. The first-order valence-corrected chi connectivity index (χ1v) is 6.46. The summed E-state index contributed by atoms with van der Waals surface area (Å²) >= 11 is 5.55. The van der Waals surface area contributed by atoms with Gasteiger partial charge in [0.05, 0.1) is 16.5 Å². The topological polar surface area (TPSA) is 40.5 Å². The molecule has 110 valence electrons. The van der Waals surface area contributed by atoms with Gasteiger partial charge in [-0.3, -0.25) is 9.69 Å². The zero-order valence-electron chi connectivity index (χ0n) is 10.5. The first-order valence-electron chi connectivity index (χ1n) is 6.08. The van der Waals surface area contributed by atoms with Gasteiger partial charge in [0.2, 0.25) is 0 Å². The summed E-state index contributed by atoms with van der Waals surface area (Å²) in [6.45, 7) is 1.23. The minimum atomic E-state index is -4.48. The molecule has 1 aliphatic rings. The lowest BCUT2D eigenvalue weighted by Crippen LogP contribution is -2.23. The summed E-state index contributed by atoms with van der Waals surface area (Å²) in [5, 5.41) is 8.56. The zero-order chi connectivity index (χ0) is 14.9. The van der Waals surface area contributed by atoms with Gasteiger partial charge < -0.3 is 5.11 Å². The smallest absolute Gasteiger partial charge is 0.417 e. The molecule has 1 atom stereocenters. The van der Waals surface area contributed by atoms with Crippen molar-refractivity contribution >= 4 is 17.6 Å². The van der Waals surface area contributed by atoms with E-state index in [0.717, 1.165) is 6.07 Å². The fourth-order valence-corrected chi connectivity index (χ4v) is 2.55. The average Bonchev–Trinajstić information content (AvgIpc) is 2.79. The summed E-state index contributed by atoms with van der Waals surface area (Å²) in [5.41, 5.74) is -0.376. The Hall–Kier alpha value is -1.27. The van der Waals surface area contributed by atoms with E-state index in [4.69, 9.17) is 16.7 Å². The standard InChI is InChI=1S/C13H13ClF3NO2/c14-11-2-1-8(5-10(11)13(15,16)17)6-18-4-3-9(7-18)12(19)20/h1-2,5,9H,3-4,6-7H2,(H,19,20). The molecule has 1 saturated heterocycles. The second kappa shape index (κ2) is 5.61. The Labute approximate surface area is 118 Å². The molecule has 0 radical (unpaired) electrons. The highest BCUT2D eigenvalue weighted by Gasteiger charge is 2.34. The number of hydrogen-bond donors (Lipinski definition) is 1. The zero-order valence-corrected chi connectivity index (χ0v) is 11.2. The molecule has 1 fully saturated rings. The van der Waals surface area contributed by atoms with Gasteiger partial charge in [0.1, 0.15) is 0 Å². The molecule has 2 rings (SSSR count). The van der Waals surface area contributed by atoms with Crippen LogP contribution in [-0.4, -0.2) is 29.1 Å². The van der Waals surface area contributed by atoms with E-state index in [1.807, 2.05) is 4.90 Å². The van der Waals surface area contributed by atoms with E-state index in [9.17, 15) is 18.0 Å². The number of halogens is 4. The summed E-state index contributed by atoms with van der Waals surface area (Å²) in [5.74, 6) is -1.30. The van der Waals surface area contributed by atoms with Crippen molar-refractivity contribution in [2.45, 2.75) is 19.1 Å². The van der Waals surface area contributed by atoms with E-state index in [1.165, 1.54) is 12.1 Å². The summed E-state index contributed by atoms with van der Waals surface area (Å²) in [7, 11) is 0. The maximum absolute atomic E-state index is 12.7. The monoisotopic (exact) mass is 307 g/mol. The fourth-order valence-electron chi connectivity index (χ4n) is 2.32. The largest absolute Gasteiger partial charge is 0.481 e. The van der Waals surface area contributed by atoms with Crippen LogP contribution in [-0.2, 0) is 17.5 Å². The molecule has 1 heterocycles. The molecule has 7 heteroatoms. The predicted molar refractivity (Wildman–Crippen MR) is 67.5 cm³/mol. The molecule has 3 nitrogen and oxygen atoms in total. The maximum atomic E-state index is 12.7. The quantitative estimate of drug-likeness (QED) is 0.932. The van der Waals surface area contributed by atoms with Gasteiger partial charge in [0, 0.05) is 13.1 Å². The number of nitrogens with zero attached hydrogens (tertiary/aromatic N) is 1. The van der Waals surface area contributed by atoms with Gasteiger partial charge >= 0.3 is 12.1 Å². The molecule has 1 unspecified atom stereocenters. The van der Waals surface area contributed by atoms with E-state index in [0.29, 0.717) is 31.6 Å². The van der Waals surface area contributed by atoms with Crippen molar-refractivity contribution in [3.05, 3.63) is 34.3 Å². The number of benzene rings is 1. The molecule has 0 spiro atoms. The van der Waals surface area contributed by atoms with Crippen LogP contribution in [0.5, 0.6) is 0 Å². The van der Waals surface area contributed by atoms with Crippen molar-refractivity contribution in [1.82, 2.24) is 4.90 Å². The third-order valence-corrected chi connectivity index (χ3v) is 3.69. The Bertz CT molecular complexity index is 519.